The van der Waals surface area contributed by atoms with Gasteiger partial charge in [-0.15, -0.1) is 0 Å². The van der Waals surface area contributed by atoms with Crippen molar-refractivity contribution in [3.05, 3.63) is 48.3 Å². The number of hydrogen-bond acceptors (Lipinski definition) is 4. The second-order valence-electron chi connectivity index (χ2n) is 5.18. The minimum Gasteiger partial charge on any atom is -0.336 e. The van der Waals surface area contributed by atoms with Crippen molar-refractivity contribution >= 4 is 17.5 Å². The van der Waals surface area contributed by atoms with Gasteiger partial charge in [-0.3, -0.25) is 4.79 Å². The molecule has 1 amide bonds. The zero-order chi connectivity index (χ0) is 14.7. The van der Waals surface area contributed by atoms with Crippen molar-refractivity contribution in [1.29, 1.82) is 0 Å². The molecule has 1 aliphatic rings. The SMILES string of the molecule is CC(=O)N1CCC[C@H]1c1ccnc(Nc2ccccn2)c1. The number of hydrogen-bond donors (Lipinski definition) is 1. The molecule has 0 spiro atoms. The van der Waals surface area contributed by atoms with E-state index in [9.17, 15) is 4.79 Å². The van der Waals surface area contributed by atoms with E-state index >= 15 is 0 Å². The average molecular weight is 282 g/mol. The number of likely N-dealkylation sites (tertiary alicyclic amines) is 1. The second-order valence-corrected chi connectivity index (χ2v) is 5.18. The van der Waals surface area contributed by atoms with Gasteiger partial charge in [-0.05, 0) is 42.7 Å². The van der Waals surface area contributed by atoms with Crippen molar-refractivity contribution < 1.29 is 4.79 Å². The number of aromatic nitrogens is 2. The fourth-order valence-corrected chi connectivity index (χ4v) is 2.78. The Kier molecular flexibility index (Phi) is 3.81. The predicted molar refractivity (Wildman–Crippen MR) is 81.1 cm³/mol. The lowest BCUT2D eigenvalue weighted by molar-refractivity contribution is -0.129. The number of nitrogens with one attached hydrogen (secondary N) is 1. The third-order valence-electron chi connectivity index (χ3n) is 3.75. The molecule has 0 aromatic carbocycles. The molecule has 5 nitrogen and oxygen atoms in total. The Morgan fingerprint density at radius 3 is 2.86 bits per heavy atom. The molecule has 0 unspecified atom stereocenters. The van der Waals surface area contributed by atoms with Crippen LogP contribution >= 0.6 is 0 Å². The van der Waals surface area contributed by atoms with E-state index in [1.54, 1.807) is 19.3 Å². The zero-order valence-electron chi connectivity index (χ0n) is 12.0. The molecule has 108 valence electrons. The van der Waals surface area contributed by atoms with Crippen molar-refractivity contribution in [2.45, 2.75) is 25.8 Å². The van der Waals surface area contributed by atoms with Gasteiger partial charge in [0, 0.05) is 25.9 Å². The smallest absolute Gasteiger partial charge is 0.219 e. The minimum atomic E-state index is 0.133. The van der Waals surface area contributed by atoms with Crippen LogP contribution < -0.4 is 5.32 Å². The number of carbonyl (C=O) groups excluding carboxylic acids is 1. The summed E-state index contributed by atoms with van der Waals surface area (Å²) in [4.78, 5) is 22.2. The zero-order valence-corrected chi connectivity index (χ0v) is 12.0. The Morgan fingerprint density at radius 1 is 1.24 bits per heavy atom. The van der Waals surface area contributed by atoms with Gasteiger partial charge in [-0.1, -0.05) is 6.07 Å². The van der Waals surface area contributed by atoms with Gasteiger partial charge < -0.3 is 10.2 Å². The van der Waals surface area contributed by atoms with Crippen LogP contribution in [0, 0.1) is 0 Å². The maximum Gasteiger partial charge on any atom is 0.219 e. The fraction of sp³-hybridized carbons (Fsp3) is 0.312. The molecular weight excluding hydrogens is 264 g/mol. The van der Waals surface area contributed by atoms with E-state index in [0.717, 1.165) is 36.6 Å². The summed E-state index contributed by atoms with van der Waals surface area (Å²) in [5.74, 6) is 1.65. The molecule has 1 saturated heterocycles. The maximum atomic E-state index is 11.7. The molecule has 0 radical (unpaired) electrons. The average Bonchev–Trinajstić information content (AvgIpc) is 2.98. The number of nitrogens with zero attached hydrogens (tertiary/aromatic N) is 3. The first-order valence-electron chi connectivity index (χ1n) is 7.15. The van der Waals surface area contributed by atoms with Crippen LogP contribution in [0.2, 0.25) is 0 Å². The Hall–Kier alpha value is -2.43. The third kappa shape index (κ3) is 3.02. The minimum absolute atomic E-state index is 0.133. The van der Waals surface area contributed by atoms with Gasteiger partial charge in [0.1, 0.15) is 11.6 Å². The standard InChI is InChI=1S/C16H18N4O/c1-12(21)20-10-4-5-14(20)13-7-9-18-16(11-13)19-15-6-2-3-8-17-15/h2-3,6-9,11,14H,4-5,10H2,1H3,(H,17,18,19)/t14-/m0/s1. The van der Waals surface area contributed by atoms with E-state index in [2.05, 4.69) is 15.3 Å². The molecular formula is C16H18N4O. The first kappa shape index (κ1) is 13.5. The van der Waals surface area contributed by atoms with E-state index in [1.165, 1.54) is 0 Å². The topological polar surface area (TPSA) is 58.1 Å². The first-order valence-corrected chi connectivity index (χ1v) is 7.15. The number of amides is 1. The quantitative estimate of drug-likeness (QED) is 0.940. The van der Waals surface area contributed by atoms with Crippen LogP contribution in [-0.4, -0.2) is 27.3 Å². The van der Waals surface area contributed by atoms with Gasteiger partial charge in [0.25, 0.3) is 0 Å². The first-order chi connectivity index (χ1) is 10.2. The van der Waals surface area contributed by atoms with Crippen LogP contribution in [-0.2, 0) is 4.79 Å². The van der Waals surface area contributed by atoms with Gasteiger partial charge in [0.2, 0.25) is 5.91 Å². The summed E-state index contributed by atoms with van der Waals surface area (Å²) < 4.78 is 0. The molecule has 3 rings (SSSR count). The van der Waals surface area contributed by atoms with Crippen molar-refractivity contribution in [3.8, 4) is 0 Å². The normalized spacial score (nSPS) is 17.8. The van der Waals surface area contributed by atoms with E-state index < -0.39 is 0 Å². The molecule has 1 fully saturated rings. The van der Waals surface area contributed by atoms with Gasteiger partial charge in [-0.2, -0.15) is 0 Å². The highest BCUT2D eigenvalue weighted by Gasteiger charge is 2.27. The Labute approximate surface area is 124 Å². The van der Waals surface area contributed by atoms with Crippen LogP contribution in [0.5, 0.6) is 0 Å². The van der Waals surface area contributed by atoms with Gasteiger partial charge in [-0.25, -0.2) is 9.97 Å². The Balaban J connectivity index is 1.81. The van der Waals surface area contributed by atoms with E-state index in [4.69, 9.17) is 0 Å². The van der Waals surface area contributed by atoms with Crippen molar-refractivity contribution in [1.82, 2.24) is 14.9 Å². The summed E-state index contributed by atoms with van der Waals surface area (Å²) in [6.45, 7) is 2.47. The molecule has 1 atom stereocenters. The summed E-state index contributed by atoms with van der Waals surface area (Å²) in [5, 5.41) is 3.19. The highest BCUT2D eigenvalue weighted by atomic mass is 16.2. The molecule has 0 saturated carbocycles. The van der Waals surface area contributed by atoms with E-state index in [1.807, 2.05) is 35.2 Å². The van der Waals surface area contributed by atoms with Crippen molar-refractivity contribution in [2.75, 3.05) is 11.9 Å². The van der Waals surface area contributed by atoms with Crippen LogP contribution in [0.4, 0.5) is 11.6 Å². The Bertz CT molecular complexity index is 629. The summed E-state index contributed by atoms with van der Waals surface area (Å²) in [5.41, 5.74) is 1.12. The molecule has 0 bridgehead atoms. The maximum absolute atomic E-state index is 11.7. The lowest BCUT2D eigenvalue weighted by Crippen LogP contribution is -2.28. The van der Waals surface area contributed by atoms with E-state index in [0.29, 0.717) is 0 Å². The molecule has 3 heterocycles. The molecule has 1 N–H and O–H groups in total. The van der Waals surface area contributed by atoms with Crippen LogP contribution in [0.1, 0.15) is 31.4 Å². The van der Waals surface area contributed by atoms with Gasteiger partial charge in [0.15, 0.2) is 0 Å². The summed E-state index contributed by atoms with van der Waals surface area (Å²) in [6.07, 6.45) is 5.57. The third-order valence-corrected chi connectivity index (χ3v) is 3.75. The highest BCUT2D eigenvalue weighted by molar-refractivity contribution is 5.74. The largest absolute Gasteiger partial charge is 0.336 e. The molecule has 5 heteroatoms. The summed E-state index contributed by atoms with van der Waals surface area (Å²) in [7, 11) is 0. The van der Waals surface area contributed by atoms with Gasteiger partial charge >= 0.3 is 0 Å². The van der Waals surface area contributed by atoms with Gasteiger partial charge in [0.05, 0.1) is 6.04 Å². The lowest BCUT2D eigenvalue weighted by atomic mass is 10.1. The van der Waals surface area contributed by atoms with Crippen LogP contribution in [0.25, 0.3) is 0 Å². The molecule has 2 aromatic rings. The van der Waals surface area contributed by atoms with Crippen LogP contribution in [0.3, 0.4) is 0 Å². The molecule has 0 aliphatic carbocycles. The summed E-state index contributed by atoms with van der Waals surface area (Å²) in [6, 6.07) is 9.84. The number of anilines is 2. The Morgan fingerprint density at radius 2 is 2.10 bits per heavy atom. The summed E-state index contributed by atoms with van der Waals surface area (Å²) >= 11 is 0. The number of carbonyl (C=O) groups is 1. The molecule has 2 aromatic heterocycles. The van der Waals surface area contributed by atoms with Crippen molar-refractivity contribution in [3.63, 3.8) is 0 Å². The highest BCUT2D eigenvalue weighted by Crippen LogP contribution is 2.32. The fourth-order valence-electron chi connectivity index (χ4n) is 2.78. The van der Waals surface area contributed by atoms with Crippen LogP contribution in [0.15, 0.2) is 42.7 Å². The number of pyridine rings is 2. The lowest BCUT2D eigenvalue weighted by Gasteiger charge is -2.23. The predicted octanol–water partition coefficient (Wildman–Crippen LogP) is 2.90. The van der Waals surface area contributed by atoms with Crippen molar-refractivity contribution in [2.24, 2.45) is 0 Å². The number of rotatable bonds is 3. The van der Waals surface area contributed by atoms with E-state index in [-0.39, 0.29) is 11.9 Å². The second kappa shape index (κ2) is 5.91. The monoisotopic (exact) mass is 282 g/mol. The molecule has 1 aliphatic heterocycles. The molecule has 21 heavy (non-hydrogen) atoms.